The maximum atomic E-state index is 13.4. The van der Waals surface area contributed by atoms with Gasteiger partial charge in [-0.25, -0.2) is 13.6 Å². The second-order valence-electron chi connectivity index (χ2n) is 8.06. The van der Waals surface area contributed by atoms with E-state index in [1.54, 1.807) is 24.3 Å². The number of halogens is 2. The van der Waals surface area contributed by atoms with Gasteiger partial charge in [-0.1, -0.05) is 23.4 Å². The maximum absolute atomic E-state index is 13.4. The Morgan fingerprint density at radius 1 is 1.15 bits per heavy atom. The molecule has 0 spiro atoms. The third-order valence-corrected chi connectivity index (χ3v) is 5.68. The molecule has 3 aromatic rings. The number of methoxy groups -OCH3 is 1. The highest BCUT2D eigenvalue weighted by atomic mass is 19.2. The lowest BCUT2D eigenvalue weighted by atomic mass is 9.96. The van der Waals surface area contributed by atoms with Crippen LogP contribution in [0.2, 0.25) is 0 Å². The molecule has 4 rings (SSSR count). The van der Waals surface area contributed by atoms with E-state index in [2.05, 4.69) is 19.8 Å². The van der Waals surface area contributed by atoms with Crippen molar-refractivity contribution < 1.29 is 27.6 Å². The number of ether oxygens (including phenoxy) is 2. The molecule has 2 aromatic carbocycles. The first-order valence-corrected chi connectivity index (χ1v) is 11.0. The number of hydrogen-bond donors (Lipinski definition) is 0. The van der Waals surface area contributed by atoms with Crippen molar-refractivity contribution >= 4 is 12.0 Å². The Balaban J connectivity index is 1.24. The lowest BCUT2D eigenvalue weighted by molar-refractivity contribution is -0.134. The van der Waals surface area contributed by atoms with Gasteiger partial charge in [0.05, 0.1) is 7.11 Å². The van der Waals surface area contributed by atoms with Crippen molar-refractivity contribution in [2.75, 3.05) is 20.2 Å². The second-order valence-corrected chi connectivity index (χ2v) is 8.06. The molecule has 34 heavy (non-hydrogen) atoms. The zero-order chi connectivity index (χ0) is 23.9. The topological polar surface area (TPSA) is 77.7 Å². The molecule has 178 valence electrons. The van der Waals surface area contributed by atoms with E-state index >= 15 is 0 Å². The van der Waals surface area contributed by atoms with Gasteiger partial charge in [-0.2, -0.15) is 4.98 Å². The van der Waals surface area contributed by atoms with Crippen LogP contribution in [0, 0.1) is 11.6 Å². The maximum Gasteiger partial charge on any atom is 0.330 e. The Morgan fingerprint density at radius 2 is 1.91 bits per heavy atom. The first-order valence-electron chi connectivity index (χ1n) is 11.0. The van der Waals surface area contributed by atoms with Gasteiger partial charge in [0.15, 0.2) is 24.1 Å². The molecule has 0 amide bonds. The first-order chi connectivity index (χ1) is 16.5. The zero-order valence-electron chi connectivity index (χ0n) is 18.7. The number of hydrogen-bond acceptors (Lipinski definition) is 7. The molecular weight excluding hydrogens is 444 g/mol. The van der Waals surface area contributed by atoms with Crippen molar-refractivity contribution in [2.45, 2.75) is 31.9 Å². The molecule has 7 nitrogen and oxygen atoms in total. The fourth-order valence-electron chi connectivity index (χ4n) is 3.79. The molecule has 0 radical (unpaired) electrons. The molecule has 2 heterocycles. The number of carbonyl (C=O) groups excluding carboxylic acids is 1. The number of benzene rings is 2. The number of nitrogens with zero attached hydrogens (tertiary/aromatic N) is 3. The van der Waals surface area contributed by atoms with Gasteiger partial charge in [0.2, 0.25) is 0 Å². The molecule has 9 heteroatoms. The molecule has 1 fully saturated rings. The highest BCUT2D eigenvalue weighted by Gasteiger charge is 2.25. The van der Waals surface area contributed by atoms with E-state index in [9.17, 15) is 13.6 Å². The third-order valence-electron chi connectivity index (χ3n) is 5.68. The van der Waals surface area contributed by atoms with Gasteiger partial charge >= 0.3 is 5.97 Å². The normalized spacial score (nSPS) is 15.0. The Bertz CT molecular complexity index is 1140. The van der Waals surface area contributed by atoms with E-state index in [1.165, 1.54) is 19.3 Å². The molecular formula is C25H25F2N3O4. The first kappa shape index (κ1) is 23.6. The van der Waals surface area contributed by atoms with Crippen LogP contribution in [-0.2, 0) is 22.7 Å². The standard InChI is InChI=1S/C25H25F2N3O4/c1-32-24(31)9-5-17-2-6-20(7-3-17)33-16-23-28-25(29-34-23)19-10-12-30(13-11-19)15-18-4-8-21(26)22(27)14-18/h2-9,14,19H,10-13,15-16H2,1H3. The summed E-state index contributed by atoms with van der Waals surface area (Å²) in [5, 5.41) is 4.12. The highest BCUT2D eigenvalue weighted by Crippen LogP contribution is 2.27. The molecule has 0 unspecified atom stereocenters. The molecule has 0 atom stereocenters. The van der Waals surface area contributed by atoms with Crippen LogP contribution >= 0.6 is 0 Å². The van der Waals surface area contributed by atoms with E-state index < -0.39 is 17.6 Å². The molecule has 1 aliphatic rings. The van der Waals surface area contributed by atoms with Gasteiger partial charge in [-0.05, 0) is 67.4 Å². The van der Waals surface area contributed by atoms with Crippen molar-refractivity contribution in [3.8, 4) is 5.75 Å². The van der Waals surface area contributed by atoms with Crippen LogP contribution in [-0.4, -0.2) is 41.2 Å². The molecule has 0 N–H and O–H groups in total. The number of carbonyl (C=O) groups is 1. The summed E-state index contributed by atoms with van der Waals surface area (Å²) in [5.74, 6) is -0.186. The summed E-state index contributed by atoms with van der Waals surface area (Å²) in [5.41, 5.74) is 1.59. The van der Waals surface area contributed by atoms with E-state index in [0.717, 1.165) is 43.1 Å². The molecule has 0 aliphatic carbocycles. The summed E-state index contributed by atoms with van der Waals surface area (Å²) >= 11 is 0. The molecule has 1 aromatic heterocycles. The average molecular weight is 469 g/mol. The van der Waals surface area contributed by atoms with Crippen LogP contribution < -0.4 is 4.74 Å². The van der Waals surface area contributed by atoms with Crippen LogP contribution in [0.5, 0.6) is 5.75 Å². The van der Waals surface area contributed by atoms with Crippen molar-refractivity contribution in [2.24, 2.45) is 0 Å². The largest absolute Gasteiger partial charge is 0.484 e. The summed E-state index contributed by atoms with van der Waals surface area (Å²) < 4.78 is 42.2. The summed E-state index contributed by atoms with van der Waals surface area (Å²) in [6, 6.07) is 11.2. The summed E-state index contributed by atoms with van der Waals surface area (Å²) in [6.45, 7) is 2.34. The van der Waals surface area contributed by atoms with Crippen LogP contribution in [0.1, 0.15) is 41.6 Å². The van der Waals surface area contributed by atoms with E-state index in [0.29, 0.717) is 24.0 Å². The minimum absolute atomic E-state index is 0.152. The van der Waals surface area contributed by atoms with Gasteiger partial charge in [0.1, 0.15) is 5.75 Å². The quantitative estimate of drug-likeness (QED) is 0.355. The zero-order valence-corrected chi connectivity index (χ0v) is 18.7. The predicted molar refractivity (Wildman–Crippen MR) is 120 cm³/mol. The Labute approximate surface area is 196 Å². The number of piperidine rings is 1. The van der Waals surface area contributed by atoms with Gasteiger partial charge in [-0.15, -0.1) is 0 Å². The molecule has 0 bridgehead atoms. The monoisotopic (exact) mass is 469 g/mol. The van der Waals surface area contributed by atoms with Crippen molar-refractivity contribution in [3.63, 3.8) is 0 Å². The van der Waals surface area contributed by atoms with E-state index in [1.807, 2.05) is 12.1 Å². The van der Waals surface area contributed by atoms with Gasteiger partial charge in [0, 0.05) is 18.5 Å². The van der Waals surface area contributed by atoms with Gasteiger partial charge in [-0.3, -0.25) is 4.90 Å². The van der Waals surface area contributed by atoms with Crippen molar-refractivity contribution in [1.29, 1.82) is 0 Å². The fraction of sp³-hybridized carbons (Fsp3) is 0.320. The van der Waals surface area contributed by atoms with Crippen molar-refractivity contribution in [1.82, 2.24) is 15.0 Å². The Kier molecular flexibility index (Phi) is 7.64. The third kappa shape index (κ3) is 6.26. The number of aromatic nitrogens is 2. The number of rotatable bonds is 8. The number of likely N-dealkylation sites (tertiary alicyclic amines) is 1. The Morgan fingerprint density at radius 3 is 2.62 bits per heavy atom. The average Bonchev–Trinajstić information content (AvgIpc) is 3.34. The van der Waals surface area contributed by atoms with E-state index in [4.69, 9.17) is 9.26 Å². The number of esters is 1. The van der Waals surface area contributed by atoms with Crippen LogP contribution in [0.15, 0.2) is 53.1 Å². The highest BCUT2D eigenvalue weighted by molar-refractivity contribution is 5.86. The summed E-state index contributed by atoms with van der Waals surface area (Å²) in [7, 11) is 1.33. The lowest BCUT2D eigenvalue weighted by Crippen LogP contribution is -2.32. The SMILES string of the molecule is COC(=O)C=Cc1ccc(OCc2nc(C3CCN(Cc4ccc(F)c(F)c4)CC3)no2)cc1. The van der Waals surface area contributed by atoms with Crippen LogP contribution in [0.25, 0.3) is 6.08 Å². The summed E-state index contributed by atoms with van der Waals surface area (Å²) in [6.07, 6.45) is 4.71. The lowest BCUT2D eigenvalue weighted by Gasteiger charge is -2.30. The van der Waals surface area contributed by atoms with Crippen LogP contribution in [0.4, 0.5) is 8.78 Å². The molecule has 1 saturated heterocycles. The predicted octanol–water partition coefficient (Wildman–Crippen LogP) is 4.49. The van der Waals surface area contributed by atoms with E-state index in [-0.39, 0.29) is 12.5 Å². The minimum Gasteiger partial charge on any atom is -0.484 e. The summed E-state index contributed by atoms with van der Waals surface area (Å²) in [4.78, 5) is 17.8. The van der Waals surface area contributed by atoms with Gasteiger partial charge < -0.3 is 14.0 Å². The van der Waals surface area contributed by atoms with Crippen LogP contribution in [0.3, 0.4) is 0 Å². The Hall–Kier alpha value is -3.59. The second kappa shape index (κ2) is 11.0. The molecule has 1 aliphatic heterocycles. The smallest absolute Gasteiger partial charge is 0.330 e. The van der Waals surface area contributed by atoms with Crippen molar-refractivity contribution in [3.05, 3.63) is 83.0 Å². The van der Waals surface area contributed by atoms with Gasteiger partial charge in [0.25, 0.3) is 5.89 Å². The fourth-order valence-corrected chi connectivity index (χ4v) is 3.79. The minimum atomic E-state index is -0.829. The molecule has 0 saturated carbocycles.